The van der Waals surface area contributed by atoms with Gasteiger partial charge in [-0.1, -0.05) is 35.9 Å². The predicted molar refractivity (Wildman–Crippen MR) is 125 cm³/mol. The molecule has 0 radical (unpaired) electrons. The monoisotopic (exact) mass is 450 g/mol. The van der Waals surface area contributed by atoms with Crippen molar-refractivity contribution in [2.45, 2.75) is 19.9 Å². The summed E-state index contributed by atoms with van der Waals surface area (Å²) in [5.41, 5.74) is 2.99. The van der Waals surface area contributed by atoms with Gasteiger partial charge in [-0.2, -0.15) is 0 Å². The molecule has 1 N–H and O–H groups in total. The minimum atomic E-state index is -0.734. The molecule has 2 aliphatic rings. The molecule has 0 spiro atoms. The van der Waals surface area contributed by atoms with E-state index in [0.717, 1.165) is 24.2 Å². The van der Waals surface area contributed by atoms with Crippen LogP contribution in [0.25, 0.3) is 0 Å². The third kappa shape index (κ3) is 4.51. The molecule has 0 aromatic heterocycles. The molecule has 2 aromatic rings. The van der Waals surface area contributed by atoms with E-state index in [-0.39, 0.29) is 11.4 Å². The number of hydrogen-bond acceptors (Lipinski definition) is 6. The Balaban J connectivity index is 1.75. The van der Waals surface area contributed by atoms with Crippen molar-refractivity contribution in [2.75, 3.05) is 46.5 Å². The standard InChI is InChI=1S/C26H30N2O5/c1-17-8-9-18(2)20(16-17)24(29)22-23(19-6-4-5-7-21(19)32-3)28(26(31)25(22)30)11-10-27-12-14-33-15-13-27/h4-9,16,23,30H,10-15H2,1-3H3. The third-order valence-electron chi connectivity index (χ3n) is 6.38. The summed E-state index contributed by atoms with van der Waals surface area (Å²) in [5, 5.41) is 10.9. The predicted octanol–water partition coefficient (Wildman–Crippen LogP) is 3.22. The number of benzene rings is 2. The van der Waals surface area contributed by atoms with Crippen molar-refractivity contribution in [3.8, 4) is 5.75 Å². The van der Waals surface area contributed by atoms with Crippen LogP contribution in [-0.2, 0) is 9.53 Å². The molecule has 1 fully saturated rings. The lowest BCUT2D eigenvalue weighted by molar-refractivity contribution is -0.129. The first-order valence-electron chi connectivity index (χ1n) is 11.2. The second-order valence-corrected chi connectivity index (χ2v) is 8.51. The fourth-order valence-electron chi connectivity index (χ4n) is 4.53. The highest BCUT2D eigenvalue weighted by atomic mass is 16.5. The van der Waals surface area contributed by atoms with Crippen LogP contribution in [0.15, 0.2) is 53.8 Å². The number of ether oxygens (including phenoxy) is 2. The number of carbonyl (C=O) groups is 2. The van der Waals surface area contributed by atoms with Gasteiger partial charge < -0.3 is 19.5 Å². The molecule has 7 nitrogen and oxygen atoms in total. The summed E-state index contributed by atoms with van der Waals surface area (Å²) in [7, 11) is 1.56. The van der Waals surface area contributed by atoms with Crippen LogP contribution in [0.4, 0.5) is 0 Å². The summed E-state index contributed by atoms with van der Waals surface area (Å²) < 4.78 is 11.0. The molecule has 0 bridgehead atoms. The highest BCUT2D eigenvalue weighted by molar-refractivity contribution is 6.16. The molecule has 2 heterocycles. The number of carbonyl (C=O) groups excluding carboxylic acids is 2. The van der Waals surface area contributed by atoms with Gasteiger partial charge in [0, 0.05) is 37.3 Å². The van der Waals surface area contributed by atoms with Gasteiger partial charge in [-0.25, -0.2) is 0 Å². The topological polar surface area (TPSA) is 79.3 Å². The molecule has 2 aromatic carbocycles. The molecule has 2 aliphatic heterocycles. The molecule has 1 amide bonds. The Labute approximate surface area is 194 Å². The maximum Gasteiger partial charge on any atom is 0.290 e. The van der Waals surface area contributed by atoms with Gasteiger partial charge >= 0.3 is 0 Å². The van der Waals surface area contributed by atoms with Crippen molar-refractivity contribution >= 4 is 11.7 Å². The van der Waals surface area contributed by atoms with E-state index in [1.165, 1.54) is 0 Å². The third-order valence-corrected chi connectivity index (χ3v) is 6.38. The average molecular weight is 451 g/mol. The molecule has 0 aliphatic carbocycles. The first-order chi connectivity index (χ1) is 15.9. The van der Waals surface area contributed by atoms with E-state index in [9.17, 15) is 14.7 Å². The van der Waals surface area contributed by atoms with Crippen LogP contribution in [0.1, 0.15) is 33.1 Å². The highest BCUT2D eigenvalue weighted by Gasteiger charge is 2.45. The molecule has 1 unspecified atom stereocenters. The lowest BCUT2D eigenvalue weighted by atomic mass is 9.90. The summed E-state index contributed by atoms with van der Waals surface area (Å²) in [6, 6.07) is 12.2. The first kappa shape index (κ1) is 23.0. The minimum Gasteiger partial charge on any atom is -0.503 e. The fraction of sp³-hybridized carbons (Fsp3) is 0.385. The van der Waals surface area contributed by atoms with E-state index >= 15 is 0 Å². The van der Waals surface area contributed by atoms with Crippen molar-refractivity contribution in [1.29, 1.82) is 0 Å². The molecule has 1 saturated heterocycles. The van der Waals surface area contributed by atoms with Crippen molar-refractivity contribution < 1.29 is 24.2 Å². The molecule has 33 heavy (non-hydrogen) atoms. The van der Waals surface area contributed by atoms with Gasteiger partial charge in [0.15, 0.2) is 11.5 Å². The van der Waals surface area contributed by atoms with Crippen molar-refractivity contribution in [1.82, 2.24) is 9.80 Å². The Morgan fingerprint density at radius 1 is 1.12 bits per heavy atom. The minimum absolute atomic E-state index is 0.0974. The number of aliphatic hydroxyl groups excluding tert-OH is 1. The Bertz CT molecular complexity index is 1090. The molecular formula is C26H30N2O5. The molecule has 7 heteroatoms. The molecule has 4 rings (SSSR count). The number of morpholine rings is 1. The zero-order valence-electron chi connectivity index (χ0n) is 19.3. The summed E-state index contributed by atoms with van der Waals surface area (Å²) in [6.07, 6.45) is 0. The van der Waals surface area contributed by atoms with Crippen molar-refractivity contribution in [3.05, 3.63) is 76.1 Å². The number of aryl methyl sites for hydroxylation is 2. The number of aliphatic hydroxyl groups is 1. The average Bonchev–Trinajstić information content (AvgIpc) is 3.09. The summed E-state index contributed by atoms with van der Waals surface area (Å²) in [6.45, 7) is 7.65. The zero-order chi connectivity index (χ0) is 23.5. The van der Waals surface area contributed by atoms with Crippen LogP contribution in [0, 0.1) is 13.8 Å². The van der Waals surface area contributed by atoms with Gasteiger partial charge in [-0.3, -0.25) is 14.5 Å². The number of hydrogen-bond donors (Lipinski definition) is 1. The number of amides is 1. The number of para-hydroxylation sites is 1. The first-order valence-corrected chi connectivity index (χ1v) is 11.2. The van der Waals surface area contributed by atoms with Gasteiger partial charge in [0.25, 0.3) is 5.91 Å². The maximum absolute atomic E-state index is 13.7. The number of methoxy groups -OCH3 is 1. The van der Waals surface area contributed by atoms with E-state index < -0.39 is 17.7 Å². The molecule has 174 valence electrons. The maximum atomic E-state index is 13.7. The Hall–Kier alpha value is -3.16. The van der Waals surface area contributed by atoms with Crippen molar-refractivity contribution in [3.63, 3.8) is 0 Å². The van der Waals surface area contributed by atoms with Crippen LogP contribution in [-0.4, -0.2) is 73.1 Å². The van der Waals surface area contributed by atoms with Crippen LogP contribution in [0.2, 0.25) is 0 Å². The lowest BCUT2D eigenvalue weighted by Crippen LogP contribution is -2.43. The van der Waals surface area contributed by atoms with Crippen LogP contribution in [0.5, 0.6) is 5.75 Å². The molecular weight excluding hydrogens is 420 g/mol. The number of rotatable bonds is 7. The Kier molecular flexibility index (Phi) is 6.81. The summed E-state index contributed by atoms with van der Waals surface area (Å²) >= 11 is 0. The Morgan fingerprint density at radius 2 is 1.85 bits per heavy atom. The normalized spacial score (nSPS) is 19.3. The summed E-state index contributed by atoms with van der Waals surface area (Å²) in [4.78, 5) is 30.8. The van der Waals surface area contributed by atoms with Gasteiger partial charge in [-0.05, 0) is 31.5 Å². The van der Waals surface area contributed by atoms with Gasteiger partial charge in [-0.15, -0.1) is 0 Å². The number of ketones is 1. The van der Waals surface area contributed by atoms with E-state index in [1.54, 1.807) is 24.1 Å². The van der Waals surface area contributed by atoms with E-state index in [1.807, 2.05) is 44.2 Å². The zero-order valence-corrected chi connectivity index (χ0v) is 19.3. The largest absolute Gasteiger partial charge is 0.503 e. The summed E-state index contributed by atoms with van der Waals surface area (Å²) in [5.74, 6) is -0.800. The smallest absolute Gasteiger partial charge is 0.290 e. The molecule has 1 atom stereocenters. The quantitative estimate of drug-likeness (QED) is 0.653. The fourth-order valence-corrected chi connectivity index (χ4v) is 4.53. The number of Topliss-reactive ketones (excluding diaryl/α,β-unsaturated/α-hetero) is 1. The van der Waals surface area contributed by atoms with Gasteiger partial charge in [0.2, 0.25) is 0 Å². The van der Waals surface area contributed by atoms with E-state index in [2.05, 4.69) is 4.90 Å². The number of nitrogens with zero attached hydrogens (tertiary/aromatic N) is 2. The van der Waals surface area contributed by atoms with E-state index in [4.69, 9.17) is 9.47 Å². The second-order valence-electron chi connectivity index (χ2n) is 8.51. The van der Waals surface area contributed by atoms with Crippen LogP contribution < -0.4 is 4.74 Å². The highest BCUT2D eigenvalue weighted by Crippen LogP contribution is 2.42. The molecule has 0 saturated carbocycles. The van der Waals surface area contributed by atoms with Crippen LogP contribution >= 0.6 is 0 Å². The SMILES string of the molecule is COc1ccccc1C1C(C(=O)c2cc(C)ccc2C)=C(O)C(=O)N1CCN1CCOCC1. The second kappa shape index (κ2) is 9.77. The van der Waals surface area contributed by atoms with E-state index in [0.29, 0.717) is 43.2 Å². The lowest BCUT2D eigenvalue weighted by Gasteiger charge is -2.32. The van der Waals surface area contributed by atoms with Crippen LogP contribution in [0.3, 0.4) is 0 Å². The Morgan fingerprint density at radius 3 is 2.58 bits per heavy atom. The van der Waals surface area contributed by atoms with Gasteiger partial charge in [0.05, 0.1) is 31.9 Å². The van der Waals surface area contributed by atoms with Crippen molar-refractivity contribution in [2.24, 2.45) is 0 Å². The van der Waals surface area contributed by atoms with Gasteiger partial charge in [0.1, 0.15) is 5.75 Å².